The Bertz CT molecular complexity index is 986. The topological polar surface area (TPSA) is 94.2 Å². The monoisotopic (exact) mass is 448 g/mol. The maximum Gasteiger partial charge on any atom is 0.255 e. The van der Waals surface area contributed by atoms with E-state index in [2.05, 4.69) is 12.2 Å². The summed E-state index contributed by atoms with van der Waals surface area (Å²) in [7, 11) is -2.37. The van der Waals surface area contributed by atoms with E-state index in [1.165, 1.54) is 23.5 Å². The first kappa shape index (κ1) is 23.1. The van der Waals surface area contributed by atoms with E-state index < -0.39 is 10.0 Å². The second kappa shape index (κ2) is 10.6. The SMILES string of the molecule is CCCCOc1ccc(C(=O)Nc2ccc(OC)c(S(=O)(=O)N3CCOCC3)c2)cc1. The van der Waals surface area contributed by atoms with Crippen LogP contribution in [-0.4, -0.2) is 58.7 Å². The van der Waals surface area contributed by atoms with E-state index in [-0.39, 0.29) is 29.6 Å². The number of hydrogen-bond acceptors (Lipinski definition) is 6. The average Bonchev–Trinajstić information content (AvgIpc) is 2.80. The number of hydrogen-bond donors (Lipinski definition) is 1. The first-order chi connectivity index (χ1) is 15.0. The van der Waals surface area contributed by atoms with Crippen molar-refractivity contribution in [3.8, 4) is 11.5 Å². The highest BCUT2D eigenvalue weighted by molar-refractivity contribution is 7.89. The van der Waals surface area contributed by atoms with Gasteiger partial charge in [0.15, 0.2) is 0 Å². The van der Waals surface area contributed by atoms with Crippen LogP contribution in [0, 0.1) is 0 Å². The molecule has 0 aliphatic carbocycles. The summed E-state index contributed by atoms with van der Waals surface area (Å²) >= 11 is 0. The lowest BCUT2D eigenvalue weighted by Crippen LogP contribution is -2.40. The summed E-state index contributed by atoms with van der Waals surface area (Å²) in [6.07, 6.45) is 2.01. The molecule has 168 valence electrons. The van der Waals surface area contributed by atoms with Gasteiger partial charge in [-0.05, 0) is 48.9 Å². The highest BCUT2D eigenvalue weighted by Crippen LogP contribution is 2.30. The van der Waals surface area contributed by atoms with Crippen LogP contribution >= 0.6 is 0 Å². The molecule has 0 aromatic heterocycles. The third-order valence-corrected chi connectivity index (χ3v) is 6.81. The van der Waals surface area contributed by atoms with Crippen LogP contribution < -0.4 is 14.8 Å². The van der Waals surface area contributed by atoms with Crippen molar-refractivity contribution in [2.45, 2.75) is 24.7 Å². The number of carbonyl (C=O) groups is 1. The average molecular weight is 449 g/mol. The predicted molar refractivity (Wildman–Crippen MR) is 117 cm³/mol. The number of ether oxygens (including phenoxy) is 3. The van der Waals surface area contributed by atoms with Crippen molar-refractivity contribution in [3.63, 3.8) is 0 Å². The van der Waals surface area contributed by atoms with E-state index in [1.807, 2.05) is 0 Å². The molecule has 0 unspecified atom stereocenters. The van der Waals surface area contributed by atoms with Crippen molar-refractivity contribution in [2.75, 3.05) is 45.3 Å². The Morgan fingerprint density at radius 2 is 1.84 bits per heavy atom. The molecule has 0 spiro atoms. The van der Waals surface area contributed by atoms with Gasteiger partial charge in [0.25, 0.3) is 5.91 Å². The minimum absolute atomic E-state index is 0.00868. The molecule has 1 fully saturated rings. The number of morpholine rings is 1. The lowest BCUT2D eigenvalue weighted by Gasteiger charge is -2.26. The molecule has 1 aliphatic rings. The fraction of sp³-hybridized carbons (Fsp3) is 0.409. The first-order valence-electron chi connectivity index (χ1n) is 10.3. The maximum atomic E-state index is 13.1. The van der Waals surface area contributed by atoms with E-state index >= 15 is 0 Å². The summed E-state index contributed by atoms with van der Waals surface area (Å²) in [6, 6.07) is 11.4. The molecule has 1 aliphatic heterocycles. The highest BCUT2D eigenvalue weighted by atomic mass is 32.2. The van der Waals surface area contributed by atoms with Gasteiger partial charge >= 0.3 is 0 Å². The van der Waals surface area contributed by atoms with Crippen LogP contribution in [0.4, 0.5) is 5.69 Å². The van der Waals surface area contributed by atoms with Crippen LogP contribution in [-0.2, 0) is 14.8 Å². The molecule has 0 atom stereocenters. The maximum absolute atomic E-state index is 13.1. The minimum atomic E-state index is -3.78. The lowest BCUT2D eigenvalue weighted by atomic mass is 10.2. The number of amides is 1. The summed E-state index contributed by atoms with van der Waals surface area (Å²) in [5.74, 6) is 0.575. The molecule has 2 aromatic rings. The molecular formula is C22H28N2O6S. The summed E-state index contributed by atoms with van der Waals surface area (Å²) in [5, 5.41) is 2.75. The second-order valence-electron chi connectivity index (χ2n) is 7.06. The van der Waals surface area contributed by atoms with E-state index in [9.17, 15) is 13.2 Å². The summed E-state index contributed by atoms with van der Waals surface area (Å²) in [4.78, 5) is 12.7. The van der Waals surface area contributed by atoms with Gasteiger partial charge in [0.1, 0.15) is 16.4 Å². The zero-order valence-electron chi connectivity index (χ0n) is 17.8. The Balaban J connectivity index is 1.76. The number of unbranched alkanes of at least 4 members (excludes halogenated alkanes) is 1. The molecule has 31 heavy (non-hydrogen) atoms. The summed E-state index contributed by atoms with van der Waals surface area (Å²) < 4.78 is 43.6. The lowest BCUT2D eigenvalue weighted by molar-refractivity contribution is 0.0729. The Kier molecular flexibility index (Phi) is 7.89. The second-order valence-corrected chi connectivity index (χ2v) is 8.97. The predicted octanol–water partition coefficient (Wildman–Crippen LogP) is 3.15. The molecule has 2 aromatic carbocycles. The molecular weight excluding hydrogens is 420 g/mol. The summed E-state index contributed by atoms with van der Waals surface area (Å²) in [5.41, 5.74) is 0.803. The van der Waals surface area contributed by atoms with Gasteiger partial charge in [-0.1, -0.05) is 13.3 Å². The minimum Gasteiger partial charge on any atom is -0.495 e. The number of nitrogens with one attached hydrogen (secondary N) is 1. The Morgan fingerprint density at radius 3 is 2.48 bits per heavy atom. The van der Waals surface area contributed by atoms with E-state index in [4.69, 9.17) is 14.2 Å². The number of methoxy groups -OCH3 is 1. The largest absolute Gasteiger partial charge is 0.495 e. The van der Waals surface area contributed by atoms with Gasteiger partial charge in [0.05, 0.1) is 26.9 Å². The van der Waals surface area contributed by atoms with Gasteiger partial charge in [-0.25, -0.2) is 8.42 Å². The molecule has 8 nitrogen and oxygen atoms in total. The standard InChI is InChI=1S/C22H28N2O6S/c1-3-4-13-30-19-8-5-17(6-9-19)22(25)23-18-7-10-20(28-2)21(16-18)31(26,27)24-11-14-29-15-12-24/h5-10,16H,3-4,11-15H2,1-2H3,(H,23,25). The first-order valence-corrected chi connectivity index (χ1v) is 11.7. The highest BCUT2D eigenvalue weighted by Gasteiger charge is 2.29. The third kappa shape index (κ3) is 5.75. The van der Waals surface area contributed by atoms with Crippen LogP contribution in [0.15, 0.2) is 47.4 Å². The fourth-order valence-corrected chi connectivity index (χ4v) is 4.71. The smallest absolute Gasteiger partial charge is 0.255 e. The fourth-order valence-electron chi connectivity index (χ4n) is 3.12. The number of nitrogens with zero attached hydrogens (tertiary/aromatic N) is 1. The van der Waals surface area contributed by atoms with Crippen LogP contribution in [0.2, 0.25) is 0 Å². The van der Waals surface area contributed by atoms with Crippen LogP contribution in [0.3, 0.4) is 0 Å². The quantitative estimate of drug-likeness (QED) is 0.593. The molecule has 1 amide bonds. The van der Waals surface area contributed by atoms with Gasteiger partial charge in [-0.2, -0.15) is 4.31 Å². The van der Waals surface area contributed by atoms with Crippen LogP contribution in [0.25, 0.3) is 0 Å². The number of anilines is 1. The molecule has 0 radical (unpaired) electrons. The van der Waals surface area contributed by atoms with Crippen molar-refractivity contribution < 1.29 is 27.4 Å². The van der Waals surface area contributed by atoms with E-state index in [0.29, 0.717) is 36.8 Å². The molecule has 1 heterocycles. The van der Waals surface area contributed by atoms with Crippen molar-refractivity contribution >= 4 is 21.6 Å². The van der Waals surface area contributed by atoms with Crippen molar-refractivity contribution in [2.24, 2.45) is 0 Å². The molecule has 0 saturated carbocycles. The Morgan fingerprint density at radius 1 is 1.13 bits per heavy atom. The molecule has 0 bridgehead atoms. The van der Waals surface area contributed by atoms with Crippen molar-refractivity contribution in [1.29, 1.82) is 0 Å². The van der Waals surface area contributed by atoms with Gasteiger partial charge in [0, 0.05) is 24.3 Å². The van der Waals surface area contributed by atoms with Crippen molar-refractivity contribution in [3.05, 3.63) is 48.0 Å². The molecule has 1 N–H and O–H groups in total. The van der Waals surface area contributed by atoms with Gasteiger partial charge in [0.2, 0.25) is 10.0 Å². The van der Waals surface area contributed by atoms with Crippen molar-refractivity contribution in [1.82, 2.24) is 4.31 Å². The number of rotatable bonds is 9. The normalized spacial score (nSPS) is 14.8. The zero-order valence-corrected chi connectivity index (χ0v) is 18.6. The van der Waals surface area contributed by atoms with E-state index in [0.717, 1.165) is 12.8 Å². The van der Waals surface area contributed by atoms with E-state index in [1.54, 1.807) is 30.3 Å². The zero-order chi connectivity index (χ0) is 22.3. The Labute approximate surface area is 183 Å². The molecule has 3 rings (SSSR count). The molecule has 9 heteroatoms. The number of carbonyl (C=O) groups excluding carboxylic acids is 1. The third-order valence-electron chi connectivity index (χ3n) is 4.89. The van der Waals surface area contributed by atoms with Crippen LogP contribution in [0.5, 0.6) is 11.5 Å². The van der Waals surface area contributed by atoms with Gasteiger partial charge in [-0.3, -0.25) is 4.79 Å². The van der Waals surface area contributed by atoms with Gasteiger partial charge in [-0.15, -0.1) is 0 Å². The number of benzene rings is 2. The Hall–Kier alpha value is -2.62. The van der Waals surface area contributed by atoms with Gasteiger partial charge < -0.3 is 19.5 Å². The molecule has 1 saturated heterocycles. The number of sulfonamides is 1. The summed E-state index contributed by atoms with van der Waals surface area (Å²) in [6.45, 7) is 3.96. The van der Waals surface area contributed by atoms with Crippen LogP contribution in [0.1, 0.15) is 30.1 Å².